The van der Waals surface area contributed by atoms with Crippen LogP contribution in [0.1, 0.15) is 12.5 Å². The van der Waals surface area contributed by atoms with E-state index in [4.69, 9.17) is 4.74 Å². The molecule has 1 fully saturated rings. The molecule has 0 radical (unpaired) electrons. The lowest BCUT2D eigenvalue weighted by Crippen LogP contribution is -2.52. The molecule has 1 aliphatic heterocycles. The monoisotopic (exact) mass is 347 g/mol. The highest BCUT2D eigenvalue weighted by Gasteiger charge is 2.29. The second kappa shape index (κ2) is 6.63. The number of hydrogen-bond acceptors (Lipinski definition) is 2. The minimum Gasteiger partial charge on any atom is -0.373 e. The van der Waals surface area contributed by atoms with Crippen LogP contribution < -0.4 is 0 Å². The summed E-state index contributed by atoms with van der Waals surface area (Å²) in [4.78, 5) is 14.0. The summed E-state index contributed by atoms with van der Waals surface area (Å²) in [7, 11) is 0. The Bertz CT molecular complexity index is 498. The Labute approximate surface area is 125 Å². The van der Waals surface area contributed by atoms with E-state index in [1.165, 1.54) is 6.07 Å². The topological polar surface area (TPSA) is 29.5 Å². The van der Waals surface area contributed by atoms with E-state index < -0.39 is 11.6 Å². The molecule has 1 amide bonds. The van der Waals surface area contributed by atoms with Gasteiger partial charge in [0.2, 0.25) is 5.91 Å². The van der Waals surface area contributed by atoms with Gasteiger partial charge in [0.1, 0.15) is 0 Å². The molecule has 0 aliphatic carbocycles. The molecule has 0 bridgehead atoms. The number of alkyl halides is 1. The quantitative estimate of drug-likeness (QED) is 0.786. The highest BCUT2D eigenvalue weighted by atomic mass is 79.9. The molecule has 1 aliphatic rings. The van der Waals surface area contributed by atoms with Gasteiger partial charge in [-0.3, -0.25) is 4.79 Å². The number of ether oxygens (including phenoxy) is 1. The third-order valence-corrected chi connectivity index (χ3v) is 4.06. The highest BCUT2D eigenvalue weighted by Crippen LogP contribution is 2.16. The third-order valence-electron chi connectivity index (χ3n) is 3.34. The summed E-state index contributed by atoms with van der Waals surface area (Å²) in [5.41, 5.74) is 0.475. The van der Waals surface area contributed by atoms with E-state index in [-0.39, 0.29) is 24.5 Å². The van der Waals surface area contributed by atoms with Crippen LogP contribution in [-0.2, 0) is 16.0 Å². The van der Waals surface area contributed by atoms with Crippen LogP contribution in [0.15, 0.2) is 18.2 Å². The normalized spacial score (nSPS) is 22.9. The highest BCUT2D eigenvalue weighted by molar-refractivity contribution is 9.09. The number of nitrogens with zero attached hydrogens (tertiary/aromatic N) is 1. The number of carbonyl (C=O) groups is 1. The Hall–Kier alpha value is -1.01. The minimum absolute atomic E-state index is 0.0110. The van der Waals surface area contributed by atoms with Gasteiger partial charge in [-0.25, -0.2) is 8.78 Å². The summed E-state index contributed by atoms with van der Waals surface area (Å²) in [6, 6.07) is 3.54. The molecule has 1 aromatic rings. The molecular formula is C14H16BrF2NO2. The van der Waals surface area contributed by atoms with E-state index in [1.54, 1.807) is 4.90 Å². The van der Waals surface area contributed by atoms with Crippen molar-refractivity contribution in [2.75, 3.05) is 18.5 Å². The molecule has 2 rings (SSSR count). The molecule has 0 spiro atoms. The number of carbonyl (C=O) groups excluding carboxylic acids is 1. The smallest absolute Gasteiger partial charge is 0.227 e. The Morgan fingerprint density at radius 3 is 2.85 bits per heavy atom. The van der Waals surface area contributed by atoms with Crippen molar-refractivity contribution in [2.45, 2.75) is 25.5 Å². The average molecular weight is 348 g/mol. The molecule has 0 saturated carbocycles. The van der Waals surface area contributed by atoms with Crippen LogP contribution in [0.25, 0.3) is 0 Å². The van der Waals surface area contributed by atoms with Crippen molar-refractivity contribution in [3.05, 3.63) is 35.4 Å². The molecule has 0 N–H and O–H groups in total. The van der Waals surface area contributed by atoms with Crippen LogP contribution in [0.2, 0.25) is 0 Å². The van der Waals surface area contributed by atoms with E-state index in [9.17, 15) is 13.6 Å². The fourth-order valence-corrected chi connectivity index (χ4v) is 2.58. The maximum atomic E-state index is 13.1. The molecule has 1 saturated heterocycles. The second-order valence-corrected chi connectivity index (χ2v) is 5.58. The molecule has 2 atom stereocenters. The van der Waals surface area contributed by atoms with Gasteiger partial charge < -0.3 is 9.64 Å². The summed E-state index contributed by atoms with van der Waals surface area (Å²) >= 11 is 3.34. The zero-order valence-corrected chi connectivity index (χ0v) is 12.7. The van der Waals surface area contributed by atoms with Crippen molar-refractivity contribution in [3.8, 4) is 0 Å². The second-order valence-electron chi connectivity index (χ2n) is 4.93. The SMILES string of the molecule is CC1COC(CBr)CN1C(=O)Cc1ccc(F)c(F)c1. The summed E-state index contributed by atoms with van der Waals surface area (Å²) in [6.07, 6.45) is 0.0383. The average Bonchev–Trinajstić information content (AvgIpc) is 2.43. The zero-order valence-electron chi connectivity index (χ0n) is 11.1. The third kappa shape index (κ3) is 3.55. The van der Waals surface area contributed by atoms with E-state index in [0.29, 0.717) is 24.0 Å². The minimum atomic E-state index is -0.927. The van der Waals surface area contributed by atoms with Gasteiger partial charge in [-0.1, -0.05) is 22.0 Å². The van der Waals surface area contributed by atoms with Gasteiger partial charge in [0.25, 0.3) is 0 Å². The molecule has 20 heavy (non-hydrogen) atoms. The van der Waals surface area contributed by atoms with Crippen LogP contribution in [0.5, 0.6) is 0 Å². The van der Waals surface area contributed by atoms with Crippen LogP contribution >= 0.6 is 15.9 Å². The van der Waals surface area contributed by atoms with Crippen molar-refractivity contribution >= 4 is 21.8 Å². The number of halogens is 3. The van der Waals surface area contributed by atoms with E-state index >= 15 is 0 Å². The van der Waals surface area contributed by atoms with Gasteiger partial charge in [-0.15, -0.1) is 0 Å². The maximum Gasteiger partial charge on any atom is 0.227 e. The number of benzene rings is 1. The maximum absolute atomic E-state index is 13.1. The van der Waals surface area contributed by atoms with Crippen LogP contribution in [0.3, 0.4) is 0 Å². The Kier molecular flexibility index (Phi) is 5.10. The van der Waals surface area contributed by atoms with E-state index in [2.05, 4.69) is 15.9 Å². The lowest BCUT2D eigenvalue weighted by atomic mass is 10.1. The number of rotatable bonds is 3. The lowest BCUT2D eigenvalue weighted by molar-refractivity contribution is -0.142. The molecule has 1 aromatic carbocycles. The first-order valence-electron chi connectivity index (χ1n) is 6.42. The van der Waals surface area contributed by atoms with Gasteiger partial charge in [0.15, 0.2) is 11.6 Å². The summed E-state index contributed by atoms with van der Waals surface area (Å²) in [6.45, 7) is 2.91. The van der Waals surface area contributed by atoms with Crippen molar-refractivity contribution in [1.29, 1.82) is 0 Å². The first-order chi connectivity index (χ1) is 9.51. The van der Waals surface area contributed by atoms with Gasteiger partial charge in [-0.05, 0) is 24.6 Å². The summed E-state index contributed by atoms with van der Waals surface area (Å²) in [5, 5.41) is 0.661. The molecule has 0 aromatic heterocycles. The van der Waals surface area contributed by atoms with Crippen molar-refractivity contribution in [1.82, 2.24) is 4.90 Å². The summed E-state index contributed by atoms with van der Waals surface area (Å²) in [5.74, 6) is -1.93. The van der Waals surface area contributed by atoms with Gasteiger partial charge in [0, 0.05) is 11.9 Å². The van der Waals surface area contributed by atoms with Crippen LogP contribution in [-0.4, -0.2) is 41.4 Å². The Morgan fingerprint density at radius 1 is 1.45 bits per heavy atom. The molecule has 110 valence electrons. The van der Waals surface area contributed by atoms with Gasteiger partial charge >= 0.3 is 0 Å². The predicted octanol–water partition coefficient (Wildman–Crippen LogP) is 2.52. The number of morpholine rings is 1. The summed E-state index contributed by atoms with van der Waals surface area (Å²) < 4.78 is 31.6. The Morgan fingerprint density at radius 2 is 2.20 bits per heavy atom. The predicted molar refractivity (Wildman–Crippen MR) is 74.8 cm³/mol. The first-order valence-corrected chi connectivity index (χ1v) is 7.54. The van der Waals surface area contributed by atoms with E-state index in [1.807, 2.05) is 6.92 Å². The van der Waals surface area contributed by atoms with Gasteiger partial charge in [-0.2, -0.15) is 0 Å². The Balaban J connectivity index is 2.04. The van der Waals surface area contributed by atoms with Crippen molar-refractivity contribution < 1.29 is 18.3 Å². The van der Waals surface area contributed by atoms with Crippen molar-refractivity contribution in [3.63, 3.8) is 0 Å². The molecule has 3 nitrogen and oxygen atoms in total. The molecule has 1 heterocycles. The molecular weight excluding hydrogens is 332 g/mol. The van der Waals surface area contributed by atoms with E-state index in [0.717, 1.165) is 12.1 Å². The van der Waals surface area contributed by atoms with Gasteiger partial charge in [0.05, 0.1) is 25.2 Å². The lowest BCUT2D eigenvalue weighted by Gasteiger charge is -2.37. The first kappa shape index (κ1) is 15.4. The zero-order chi connectivity index (χ0) is 14.7. The number of amides is 1. The largest absolute Gasteiger partial charge is 0.373 e. The van der Waals surface area contributed by atoms with Crippen molar-refractivity contribution in [2.24, 2.45) is 0 Å². The molecule has 2 unspecified atom stereocenters. The molecule has 6 heteroatoms. The fraction of sp³-hybridized carbons (Fsp3) is 0.500. The number of hydrogen-bond donors (Lipinski definition) is 0. The fourth-order valence-electron chi connectivity index (χ4n) is 2.18. The van der Waals surface area contributed by atoms with Crippen LogP contribution in [0.4, 0.5) is 8.78 Å². The standard InChI is InChI=1S/C14H16BrF2NO2/c1-9-8-20-11(6-15)7-18(9)14(19)5-10-2-3-12(16)13(17)4-10/h2-4,9,11H,5-8H2,1H3. The van der Waals surface area contributed by atoms with Crippen LogP contribution in [0, 0.1) is 11.6 Å².